The van der Waals surface area contributed by atoms with Crippen LogP contribution in [0.4, 0.5) is 0 Å². The van der Waals surface area contributed by atoms with Crippen molar-refractivity contribution in [3.05, 3.63) is 41.8 Å². The van der Waals surface area contributed by atoms with Gasteiger partial charge >= 0.3 is 0 Å². The average molecular weight is 333 g/mol. The molecule has 0 bridgehead atoms. The molecule has 2 rings (SSSR count). The minimum atomic E-state index is 0.143. The smallest absolute Gasteiger partial charge is 0.165 e. The molecule has 1 unspecified atom stereocenters. The maximum atomic E-state index is 6.01. The van der Waals surface area contributed by atoms with Gasteiger partial charge in [-0.05, 0) is 34.1 Å². The first-order valence-electron chi connectivity index (χ1n) is 8.06. The monoisotopic (exact) mass is 333 g/mol. The molecule has 24 heavy (non-hydrogen) atoms. The van der Waals surface area contributed by atoms with Crippen LogP contribution in [-0.4, -0.2) is 56.4 Å². The predicted octanol–water partition coefficient (Wildman–Crippen LogP) is 2.82. The second-order valence-corrected chi connectivity index (χ2v) is 6.12. The highest BCUT2D eigenvalue weighted by atomic mass is 16.5. The number of likely N-dealkylation sites (N-methyl/N-ethyl adjacent to an activating group) is 1. The van der Waals surface area contributed by atoms with Crippen molar-refractivity contribution in [3.8, 4) is 11.5 Å². The average Bonchev–Trinajstić information content (AvgIpc) is 3.09. The lowest BCUT2D eigenvalue weighted by Gasteiger charge is -2.25. The maximum absolute atomic E-state index is 6.01. The van der Waals surface area contributed by atoms with Gasteiger partial charge in [0.25, 0.3) is 0 Å². The third-order valence-electron chi connectivity index (χ3n) is 4.03. The second-order valence-electron chi connectivity index (χ2n) is 6.12. The Hall–Kier alpha value is -2.05. The van der Waals surface area contributed by atoms with Crippen molar-refractivity contribution in [2.75, 3.05) is 41.4 Å². The van der Waals surface area contributed by atoms with E-state index in [4.69, 9.17) is 14.0 Å². The van der Waals surface area contributed by atoms with E-state index in [9.17, 15) is 0 Å². The molecule has 1 heterocycles. The summed E-state index contributed by atoms with van der Waals surface area (Å²) in [5.74, 6) is 1.56. The molecular formula is C18H27N3O3. The summed E-state index contributed by atoms with van der Waals surface area (Å²) in [6.45, 7) is 4.29. The first kappa shape index (κ1) is 18.3. The molecule has 0 spiro atoms. The van der Waals surface area contributed by atoms with Gasteiger partial charge in [0.15, 0.2) is 11.5 Å². The van der Waals surface area contributed by atoms with Crippen LogP contribution >= 0.6 is 0 Å². The van der Waals surface area contributed by atoms with Crippen LogP contribution in [0.1, 0.15) is 24.2 Å². The molecule has 132 valence electrons. The number of ether oxygens (including phenoxy) is 2. The van der Waals surface area contributed by atoms with E-state index in [1.54, 1.807) is 13.4 Å². The first-order valence-corrected chi connectivity index (χ1v) is 8.06. The van der Waals surface area contributed by atoms with E-state index < -0.39 is 0 Å². The SMILES string of the molecule is COc1cccc(CN(C)C(C)c2ccon2)c1OCCN(C)C. The fourth-order valence-corrected chi connectivity index (χ4v) is 2.41. The van der Waals surface area contributed by atoms with Gasteiger partial charge in [-0.15, -0.1) is 0 Å². The zero-order valence-corrected chi connectivity index (χ0v) is 15.2. The van der Waals surface area contributed by atoms with E-state index in [0.717, 1.165) is 35.8 Å². The first-order chi connectivity index (χ1) is 11.5. The van der Waals surface area contributed by atoms with Crippen molar-refractivity contribution in [2.45, 2.75) is 19.5 Å². The molecule has 1 aromatic heterocycles. The Morgan fingerprint density at radius 1 is 1.21 bits per heavy atom. The molecule has 6 heteroatoms. The molecule has 0 fully saturated rings. The molecule has 2 aromatic rings. The van der Waals surface area contributed by atoms with Crippen LogP contribution in [0, 0.1) is 0 Å². The quantitative estimate of drug-likeness (QED) is 0.703. The second kappa shape index (κ2) is 8.70. The largest absolute Gasteiger partial charge is 0.493 e. The molecule has 1 atom stereocenters. The van der Waals surface area contributed by atoms with Crippen LogP contribution in [0.3, 0.4) is 0 Å². The van der Waals surface area contributed by atoms with Crippen molar-refractivity contribution in [3.63, 3.8) is 0 Å². The Morgan fingerprint density at radius 3 is 2.62 bits per heavy atom. The van der Waals surface area contributed by atoms with Crippen molar-refractivity contribution >= 4 is 0 Å². The van der Waals surface area contributed by atoms with Gasteiger partial charge in [0.05, 0.1) is 13.2 Å². The molecule has 0 saturated heterocycles. The van der Waals surface area contributed by atoms with E-state index in [1.807, 2.05) is 32.3 Å². The Labute approximate surface area is 143 Å². The summed E-state index contributed by atoms with van der Waals surface area (Å²) in [7, 11) is 7.78. The summed E-state index contributed by atoms with van der Waals surface area (Å²) in [5, 5.41) is 4.03. The number of aromatic nitrogens is 1. The molecule has 0 aliphatic carbocycles. The summed E-state index contributed by atoms with van der Waals surface area (Å²) in [5.41, 5.74) is 2.00. The Bertz CT molecular complexity index is 614. The van der Waals surface area contributed by atoms with E-state index in [1.165, 1.54) is 0 Å². The number of benzene rings is 1. The van der Waals surface area contributed by atoms with E-state index in [0.29, 0.717) is 6.61 Å². The highest BCUT2D eigenvalue weighted by Crippen LogP contribution is 2.33. The Kier molecular flexibility index (Phi) is 6.63. The summed E-state index contributed by atoms with van der Waals surface area (Å²) >= 11 is 0. The maximum Gasteiger partial charge on any atom is 0.165 e. The number of nitrogens with zero attached hydrogens (tertiary/aromatic N) is 3. The number of para-hydroxylation sites is 1. The standard InChI is InChI=1S/C18H27N3O3/c1-14(16-9-11-24-19-16)21(4)13-15-7-6-8-17(22-5)18(15)23-12-10-20(2)3/h6-9,11,14H,10,12-13H2,1-5H3. The van der Waals surface area contributed by atoms with Gasteiger partial charge in [-0.2, -0.15) is 0 Å². The van der Waals surface area contributed by atoms with Crippen LogP contribution < -0.4 is 9.47 Å². The third-order valence-corrected chi connectivity index (χ3v) is 4.03. The lowest BCUT2D eigenvalue weighted by atomic mass is 10.1. The normalized spacial score (nSPS) is 12.6. The van der Waals surface area contributed by atoms with Gasteiger partial charge in [-0.3, -0.25) is 4.90 Å². The highest BCUT2D eigenvalue weighted by Gasteiger charge is 2.18. The summed E-state index contributed by atoms with van der Waals surface area (Å²) < 4.78 is 16.4. The lowest BCUT2D eigenvalue weighted by molar-refractivity contribution is 0.224. The number of hydrogen-bond acceptors (Lipinski definition) is 6. The van der Waals surface area contributed by atoms with Gasteiger partial charge in [0, 0.05) is 24.7 Å². The minimum Gasteiger partial charge on any atom is -0.493 e. The van der Waals surface area contributed by atoms with Crippen molar-refractivity contribution in [1.82, 2.24) is 15.0 Å². The van der Waals surface area contributed by atoms with Crippen molar-refractivity contribution < 1.29 is 14.0 Å². The Balaban J connectivity index is 2.13. The van der Waals surface area contributed by atoms with Gasteiger partial charge in [0.2, 0.25) is 0 Å². The molecule has 0 radical (unpaired) electrons. The molecule has 0 aliphatic heterocycles. The van der Waals surface area contributed by atoms with E-state index in [2.05, 4.69) is 35.0 Å². The Morgan fingerprint density at radius 2 is 2.00 bits per heavy atom. The third kappa shape index (κ3) is 4.72. The summed E-state index contributed by atoms with van der Waals surface area (Å²) in [6.07, 6.45) is 1.60. The van der Waals surface area contributed by atoms with E-state index >= 15 is 0 Å². The molecule has 6 nitrogen and oxygen atoms in total. The fraction of sp³-hybridized carbons (Fsp3) is 0.500. The fourth-order valence-electron chi connectivity index (χ4n) is 2.41. The van der Waals surface area contributed by atoms with Gasteiger partial charge in [-0.1, -0.05) is 17.3 Å². The molecule has 0 saturated carbocycles. The van der Waals surface area contributed by atoms with Gasteiger partial charge in [-0.25, -0.2) is 0 Å². The number of rotatable bonds is 9. The summed E-state index contributed by atoms with van der Waals surface area (Å²) in [4.78, 5) is 4.29. The van der Waals surface area contributed by atoms with Crippen LogP contribution in [0.15, 0.2) is 35.1 Å². The number of methoxy groups -OCH3 is 1. The molecular weight excluding hydrogens is 306 g/mol. The minimum absolute atomic E-state index is 0.143. The zero-order chi connectivity index (χ0) is 17.5. The van der Waals surface area contributed by atoms with Crippen LogP contribution in [0.25, 0.3) is 0 Å². The van der Waals surface area contributed by atoms with Crippen molar-refractivity contribution in [1.29, 1.82) is 0 Å². The van der Waals surface area contributed by atoms with Gasteiger partial charge < -0.3 is 18.9 Å². The molecule has 0 aliphatic rings. The summed E-state index contributed by atoms with van der Waals surface area (Å²) in [6, 6.07) is 8.02. The molecule has 0 N–H and O–H groups in total. The predicted molar refractivity (Wildman–Crippen MR) is 93.4 cm³/mol. The van der Waals surface area contributed by atoms with Crippen LogP contribution in [0.5, 0.6) is 11.5 Å². The van der Waals surface area contributed by atoms with Gasteiger partial charge in [0.1, 0.15) is 18.6 Å². The topological polar surface area (TPSA) is 51.0 Å². The van der Waals surface area contributed by atoms with Crippen LogP contribution in [-0.2, 0) is 6.54 Å². The lowest BCUT2D eigenvalue weighted by Crippen LogP contribution is -2.23. The van der Waals surface area contributed by atoms with Crippen LogP contribution in [0.2, 0.25) is 0 Å². The van der Waals surface area contributed by atoms with E-state index in [-0.39, 0.29) is 6.04 Å². The van der Waals surface area contributed by atoms with Crippen molar-refractivity contribution in [2.24, 2.45) is 0 Å². The number of hydrogen-bond donors (Lipinski definition) is 0. The zero-order valence-electron chi connectivity index (χ0n) is 15.2. The highest BCUT2D eigenvalue weighted by molar-refractivity contribution is 5.46. The molecule has 1 aromatic carbocycles. The molecule has 0 amide bonds.